The van der Waals surface area contributed by atoms with Crippen LogP contribution in [0, 0.1) is 0 Å². The van der Waals surface area contributed by atoms with E-state index in [1.165, 1.54) is 24.3 Å². The molecular formula is C16H14ClF2NO2. The molecule has 0 bridgehead atoms. The molecule has 0 spiro atoms. The SMILES string of the molecule is O=C(CCc1ccccc1Cl)Nc1ccc(OC(F)F)cc1. The van der Waals surface area contributed by atoms with Crippen molar-refractivity contribution in [3.8, 4) is 5.75 Å². The first-order valence-corrected chi connectivity index (χ1v) is 7.00. The second-order valence-corrected chi connectivity index (χ2v) is 4.95. The highest BCUT2D eigenvalue weighted by molar-refractivity contribution is 6.31. The summed E-state index contributed by atoms with van der Waals surface area (Å²) in [5.41, 5.74) is 1.42. The number of anilines is 1. The van der Waals surface area contributed by atoms with E-state index in [1.54, 1.807) is 6.07 Å². The van der Waals surface area contributed by atoms with E-state index < -0.39 is 6.61 Å². The van der Waals surface area contributed by atoms with E-state index >= 15 is 0 Å². The maximum Gasteiger partial charge on any atom is 0.387 e. The fraction of sp³-hybridized carbons (Fsp3) is 0.188. The molecule has 2 rings (SSSR count). The Balaban J connectivity index is 1.85. The highest BCUT2D eigenvalue weighted by atomic mass is 35.5. The predicted molar refractivity (Wildman–Crippen MR) is 81.5 cm³/mol. The molecule has 116 valence electrons. The van der Waals surface area contributed by atoms with Gasteiger partial charge in [0.05, 0.1) is 0 Å². The van der Waals surface area contributed by atoms with Gasteiger partial charge in [0.1, 0.15) is 5.75 Å². The van der Waals surface area contributed by atoms with Crippen molar-refractivity contribution in [3.05, 3.63) is 59.1 Å². The number of alkyl halides is 2. The molecule has 0 aliphatic rings. The number of halogens is 3. The lowest BCUT2D eigenvalue weighted by molar-refractivity contribution is -0.116. The van der Waals surface area contributed by atoms with Crippen LogP contribution in [0.2, 0.25) is 5.02 Å². The van der Waals surface area contributed by atoms with Crippen molar-refractivity contribution in [2.45, 2.75) is 19.5 Å². The summed E-state index contributed by atoms with van der Waals surface area (Å²) in [5, 5.41) is 3.32. The Morgan fingerprint density at radius 2 is 1.82 bits per heavy atom. The summed E-state index contributed by atoms with van der Waals surface area (Å²) in [5.74, 6) is -0.133. The summed E-state index contributed by atoms with van der Waals surface area (Å²) in [4.78, 5) is 11.9. The van der Waals surface area contributed by atoms with Crippen molar-refractivity contribution in [3.63, 3.8) is 0 Å². The minimum Gasteiger partial charge on any atom is -0.435 e. The van der Waals surface area contributed by atoms with Crippen LogP contribution in [0.4, 0.5) is 14.5 Å². The molecule has 0 radical (unpaired) electrons. The zero-order chi connectivity index (χ0) is 15.9. The first kappa shape index (κ1) is 16.2. The Bertz CT molecular complexity index is 632. The van der Waals surface area contributed by atoms with E-state index in [1.807, 2.05) is 18.2 Å². The standard InChI is InChI=1S/C16H14ClF2NO2/c17-14-4-2-1-3-11(14)5-10-15(21)20-12-6-8-13(9-7-12)22-16(18)19/h1-4,6-9,16H,5,10H2,(H,20,21). The summed E-state index contributed by atoms with van der Waals surface area (Å²) in [6, 6.07) is 13.1. The second kappa shape index (κ2) is 7.75. The van der Waals surface area contributed by atoms with Gasteiger partial charge in [-0.1, -0.05) is 29.8 Å². The third-order valence-corrected chi connectivity index (χ3v) is 3.31. The normalized spacial score (nSPS) is 10.5. The summed E-state index contributed by atoms with van der Waals surface area (Å²) in [6.07, 6.45) is 0.803. The fourth-order valence-electron chi connectivity index (χ4n) is 1.89. The van der Waals surface area contributed by atoms with Crippen LogP contribution in [0.5, 0.6) is 5.75 Å². The van der Waals surface area contributed by atoms with Crippen molar-refractivity contribution in [2.75, 3.05) is 5.32 Å². The topological polar surface area (TPSA) is 38.3 Å². The fourth-order valence-corrected chi connectivity index (χ4v) is 2.12. The first-order valence-electron chi connectivity index (χ1n) is 6.63. The Labute approximate surface area is 131 Å². The van der Waals surface area contributed by atoms with Gasteiger partial charge in [-0.15, -0.1) is 0 Å². The van der Waals surface area contributed by atoms with Gasteiger partial charge in [0.2, 0.25) is 5.91 Å². The van der Waals surface area contributed by atoms with Gasteiger partial charge in [-0.2, -0.15) is 8.78 Å². The van der Waals surface area contributed by atoms with Crippen molar-refractivity contribution in [2.24, 2.45) is 0 Å². The molecule has 1 N–H and O–H groups in total. The van der Waals surface area contributed by atoms with Gasteiger partial charge in [-0.25, -0.2) is 0 Å². The molecule has 2 aromatic carbocycles. The highest BCUT2D eigenvalue weighted by Gasteiger charge is 2.07. The third kappa shape index (κ3) is 5.00. The number of rotatable bonds is 6. The maximum atomic E-state index is 12.0. The van der Waals surface area contributed by atoms with Crippen molar-refractivity contribution < 1.29 is 18.3 Å². The first-order chi connectivity index (χ1) is 10.5. The number of ether oxygens (including phenoxy) is 1. The maximum absolute atomic E-state index is 12.0. The van der Waals surface area contributed by atoms with Gasteiger partial charge in [0, 0.05) is 17.1 Å². The Morgan fingerprint density at radius 1 is 1.14 bits per heavy atom. The summed E-state index contributed by atoms with van der Waals surface area (Å²) in [6.45, 7) is -2.86. The Morgan fingerprint density at radius 3 is 2.45 bits per heavy atom. The molecule has 3 nitrogen and oxygen atoms in total. The van der Waals surface area contributed by atoms with Crippen LogP contribution in [-0.2, 0) is 11.2 Å². The van der Waals surface area contributed by atoms with Gasteiger partial charge in [0.15, 0.2) is 0 Å². The average molecular weight is 326 g/mol. The van der Waals surface area contributed by atoms with Crippen LogP contribution >= 0.6 is 11.6 Å². The zero-order valence-electron chi connectivity index (χ0n) is 11.6. The minimum absolute atomic E-state index is 0.0454. The number of aryl methyl sites for hydroxylation is 1. The monoisotopic (exact) mass is 325 g/mol. The molecule has 22 heavy (non-hydrogen) atoms. The minimum atomic E-state index is -2.86. The third-order valence-electron chi connectivity index (χ3n) is 2.94. The van der Waals surface area contributed by atoms with Crippen molar-refractivity contribution in [1.82, 2.24) is 0 Å². The number of carbonyl (C=O) groups excluding carboxylic acids is 1. The van der Waals surface area contributed by atoms with Gasteiger partial charge < -0.3 is 10.1 Å². The number of benzene rings is 2. The Kier molecular flexibility index (Phi) is 5.72. The van der Waals surface area contributed by atoms with Gasteiger partial charge in [0.25, 0.3) is 0 Å². The van der Waals surface area contributed by atoms with Crippen molar-refractivity contribution >= 4 is 23.2 Å². The van der Waals surface area contributed by atoms with Crippen LogP contribution in [0.1, 0.15) is 12.0 Å². The lowest BCUT2D eigenvalue weighted by atomic mass is 10.1. The largest absolute Gasteiger partial charge is 0.435 e. The van der Waals surface area contributed by atoms with Gasteiger partial charge in [-0.05, 0) is 42.3 Å². The van der Waals surface area contributed by atoms with E-state index in [0.717, 1.165) is 5.56 Å². The van der Waals surface area contributed by atoms with E-state index in [2.05, 4.69) is 10.1 Å². The van der Waals surface area contributed by atoms with E-state index in [0.29, 0.717) is 17.1 Å². The van der Waals surface area contributed by atoms with Gasteiger partial charge in [-0.3, -0.25) is 4.79 Å². The quantitative estimate of drug-likeness (QED) is 0.848. The predicted octanol–water partition coefficient (Wildman–Crippen LogP) is 4.51. The molecule has 0 saturated carbocycles. The van der Waals surface area contributed by atoms with E-state index in [-0.39, 0.29) is 18.1 Å². The van der Waals surface area contributed by atoms with E-state index in [4.69, 9.17) is 11.6 Å². The zero-order valence-corrected chi connectivity index (χ0v) is 12.3. The highest BCUT2D eigenvalue weighted by Crippen LogP contribution is 2.19. The number of hydrogen-bond acceptors (Lipinski definition) is 2. The number of amides is 1. The number of hydrogen-bond donors (Lipinski definition) is 1. The summed E-state index contributed by atoms with van der Waals surface area (Å²) >= 11 is 6.02. The smallest absolute Gasteiger partial charge is 0.387 e. The lowest BCUT2D eigenvalue weighted by Gasteiger charge is -2.08. The van der Waals surface area contributed by atoms with Crippen molar-refractivity contribution in [1.29, 1.82) is 0 Å². The molecule has 2 aromatic rings. The van der Waals surface area contributed by atoms with Crippen LogP contribution in [-0.4, -0.2) is 12.5 Å². The van der Waals surface area contributed by atoms with E-state index in [9.17, 15) is 13.6 Å². The molecule has 0 atom stereocenters. The molecular weight excluding hydrogens is 312 g/mol. The Hall–Kier alpha value is -2.14. The molecule has 0 aromatic heterocycles. The molecule has 1 amide bonds. The average Bonchev–Trinajstić information content (AvgIpc) is 2.48. The van der Waals surface area contributed by atoms with Crippen LogP contribution in [0.3, 0.4) is 0 Å². The molecule has 0 heterocycles. The second-order valence-electron chi connectivity index (χ2n) is 4.54. The molecule has 0 aliphatic carbocycles. The lowest BCUT2D eigenvalue weighted by Crippen LogP contribution is -2.12. The molecule has 0 fully saturated rings. The summed E-state index contributed by atoms with van der Waals surface area (Å²) < 4.78 is 28.3. The molecule has 6 heteroatoms. The molecule has 0 unspecified atom stereocenters. The number of carbonyl (C=O) groups is 1. The van der Waals surface area contributed by atoms with Gasteiger partial charge >= 0.3 is 6.61 Å². The van der Waals surface area contributed by atoms with Crippen LogP contribution < -0.4 is 10.1 Å². The summed E-state index contributed by atoms with van der Waals surface area (Å²) in [7, 11) is 0. The van der Waals surface area contributed by atoms with Crippen LogP contribution in [0.15, 0.2) is 48.5 Å². The molecule has 0 saturated heterocycles. The van der Waals surface area contributed by atoms with Crippen LogP contribution in [0.25, 0.3) is 0 Å². The molecule has 0 aliphatic heterocycles. The number of nitrogens with one attached hydrogen (secondary N) is 1.